The molecule has 4 aromatic rings. The molecule has 4 rings (SSSR count). The summed E-state index contributed by atoms with van der Waals surface area (Å²) in [4.78, 5) is 25.6. The Morgan fingerprint density at radius 2 is 1.74 bits per heavy atom. The molecular weight excluding hydrogens is 414 g/mol. The minimum atomic E-state index is -0.387. The Hall–Kier alpha value is -3.57. The number of benzene rings is 3. The van der Waals surface area contributed by atoms with Crippen molar-refractivity contribution < 1.29 is 13.9 Å². The smallest absolute Gasteiger partial charge is 0.262 e. The molecule has 0 radical (unpaired) electrons. The van der Waals surface area contributed by atoms with Gasteiger partial charge in [-0.25, -0.2) is 0 Å². The zero-order valence-electron chi connectivity index (χ0n) is 17.1. The molecule has 0 fully saturated rings. The lowest BCUT2D eigenvalue weighted by Gasteiger charge is -2.13. The highest BCUT2D eigenvalue weighted by Gasteiger charge is 2.20. The second kappa shape index (κ2) is 8.66. The number of nitrogens with one attached hydrogen (secondary N) is 1. The third kappa shape index (κ3) is 4.47. The van der Waals surface area contributed by atoms with E-state index in [0.29, 0.717) is 27.2 Å². The van der Waals surface area contributed by atoms with Crippen LogP contribution in [0, 0.1) is 13.8 Å². The third-order valence-electron chi connectivity index (χ3n) is 4.85. The maximum atomic E-state index is 13.2. The molecule has 0 aliphatic rings. The summed E-state index contributed by atoms with van der Waals surface area (Å²) < 4.78 is 11.8. The van der Waals surface area contributed by atoms with Crippen LogP contribution in [-0.4, -0.2) is 12.5 Å². The van der Waals surface area contributed by atoms with Gasteiger partial charge in [-0.05, 0) is 43.7 Å². The highest BCUT2D eigenvalue weighted by Crippen LogP contribution is 2.33. The van der Waals surface area contributed by atoms with E-state index in [9.17, 15) is 9.59 Å². The summed E-state index contributed by atoms with van der Waals surface area (Å²) in [5.74, 6) is -0.145. The summed E-state index contributed by atoms with van der Waals surface area (Å²) in [6, 6.07) is 19.8. The summed E-state index contributed by atoms with van der Waals surface area (Å²) in [5, 5.41) is 3.48. The monoisotopic (exact) mass is 433 g/mol. The summed E-state index contributed by atoms with van der Waals surface area (Å²) in [6.45, 7) is 3.46. The van der Waals surface area contributed by atoms with Crippen LogP contribution in [0.2, 0.25) is 5.02 Å². The SMILES string of the molecule is Cc1ccc(-c2oc3cc(C)c(Cl)cc3c(=O)c2OCC(=O)Nc2ccccc2)cc1. The molecule has 0 saturated heterocycles. The van der Waals surface area contributed by atoms with Gasteiger partial charge in [-0.15, -0.1) is 0 Å². The number of hydrogen-bond donors (Lipinski definition) is 1. The van der Waals surface area contributed by atoms with Crippen LogP contribution in [0.1, 0.15) is 11.1 Å². The maximum absolute atomic E-state index is 13.2. The maximum Gasteiger partial charge on any atom is 0.262 e. The Bertz CT molecular complexity index is 1310. The minimum absolute atomic E-state index is 0.0283. The third-order valence-corrected chi connectivity index (χ3v) is 5.26. The van der Waals surface area contributed by atoms with Crippen LogP contribution in [0.4, 0.5) is 5.69 Å². The van der Waals surface area contributed by atoms with Crippen molar-refractivity contribution in [3.63, 3.8) is 0 Å². The molecule has 0 aliphatic carbocycles. The Morgan fingerprint density at radius 1 is 1.03 bits per heavy atom. The standard InChI is InChI=1S/C25H20ClNO4/c1-15-8-10-17(11-9-15)24-25(30-14-22(28)27-18-6-4-3-5-7-18)23(29)19-13-20(26)16(2)12-21(19)31-24/h3-13H,14H2,1-2H3,(H,27,28). The van der Waals surface area contributed by atoms with Gasteiger partial charge >= 0.3 is 0 Å². The summed E-state index contributed by atoms with van der Waals surface area (Å²) in [5.41, 5.74) is 3.20. The van der Waals surface area contributed by atoms with Crippen molar-refractivity contribution in [2.24, 2.45) is 0 Å². The average molecular weight is 434 g/mol. The van der Waals surface area contributed by atoms with E-state index in [2.05, 4.69) is 5.32 Å². The molecule has 0 atom stereocenters. The van der Waals surface area contributed by atoms with E-state index in [0.717, 1.165) is 11.1 Å². The number of carbonyl (C=O) groups is 1. The molecule has 0 bridgehead atoms. The van der Waals surface area contributed by atoms with E-state index in [1.54, 1.807) is 24.3 Å². The van der Waals surface area contributed by atoms with E-state index in [4.69, 9.17) is 20.8 Å². The molecule has 3 aromatic carbocycles. The van der Waals surface area contributed by atoms with Crippen molar-refractivity contribution in [1.82, 2.24) is 0 Å². The van der Waals surface area contributed by atoms with Gasteiger partial charge in [-0.3, -0.25) is 9.59 Å². The van der Waals surface area contributed by atoms with E-state index in [-0.39, 0.29) is 29.5 Å². The Morgan fingerprint density at radius 3 is 2.45 bits per heavy atom. The average Bonchev–Trinajstić information content (AvgIpc) is 2.76. The fourth-order valence-corrected chi connectivity index (χ4v) is 3.34. The number of rotatable bonds is 5. The van der Waals surface area contributed by atoms with Crippen molar-refractivity contribution in [3.8, 4) is 17.1 Å². The van der Waals surface area contributed by atoms with E-state index in [1.165, 1.54) is 0 Å². The molecule has 5 nitrogen and oxygen atoms in total. The molecule has 1 heterocycles. The van der Waals surface area contributed by atoms with Crippen LogP contribution in [0.15, 0.2) is 75.9 Å². The number of para-hydroxylation sites is 1. The fraction of sp³-hybridized carbons (Fsp3) is 0.120. The first-order chi connectivity index (χ1) is 14.9. The lowest BCUT2D eigenvalue weighted by molar-refractivity contribution is -0.118. The number of ether oxygens (including phenoxy) is 1. The van der Waals surface area contributed by atoms with Crippen LogP contribution >= 0.6 is 11.6 Å². The largest absolute Gasteiger partial charge is 0.476 e. The first-order valence-corrected chi connectivity index (χ1v) is 10.1. The predicted octanol–water partition coefficient (Wildman–Crippen LogP) is 5.75. The first kappa shape index (κ1) is 20.7. The Balaban J connectivity index is 1.74. The molecule has 0 saturated carbocycles. The normalized spacial score (nSPS) is 10.8. The molecule has 31 heavy (non-hydrogen) atoms. The van der Waals surface area contributed by atoms with Gasteiger partial charge in [-0.2, -0.15) is 0 Å². The predicted molar refractivity (Wildman–Crippen MR) is 123 cm³/mol. The van der Waals surface area contributed by atoms with Gasteiger partial charge in [0.15, 0.2) is 12.4 Å². The van der Waals surface area contributed by atoms with E-state index in [1.807, 2.05) is 56.3 Å². The first-order valence-electron chi connectivity index (χ1n) is 9.74. The Labute approximate surface area is 184 Å². The zero-order valence-corrected chi connectivity index (χ0v) is 17.8. The number of fused-ring (bicyclic) bond motifs is 1. The van der Waals surface area contributed by atoms with Crippen molar-refractivity contribution in [1.29, 1.82) is 0 Å². The van der Waals surface area contributed by atoms with Crippen LogP contribution in [-0.2, 0) is 4.79 Å². The second-order valence-electron chi connectivity index (χ2n) is 7.26. The molecule has 0 aliphatic heterocycles. The van der Waals surface area contributed by atoms with Gasteiger partial charge in [0.2, 0.25) is 11.2 Å². The summed E-state index contributed by atoms with van der Waals surface area (Å²) in [7, 11) is 0. The molecular formula is C25H20ClNO4. The zero-order chi connectivity index (χ0) is 22.0. The van der Waals surface area contributed by atoms with Crippen molar-refractivity contribution in [2.45, 2.75) is 13.8 Å². The molecule has 1 aromatic heterocycles. The number of amides is 1. The highest BCUT2D eigenvalue weighted by molar-refractivity contribution is 6.32. The number of hydrogen-bond acceptors (Lipinski definition) is 4. The molecule has 1 amide bonds. The molecule has 6 heteroatoms. The molecule has 156 valence electrons. The van der Waals surface area contributed by atoms with Crippen LogP contribution in [0.3, 0.4) is 0 Å². The molecule has 1 N–H and O–H groups in total. The van der Waals surface area contributed by atoms with Gasteiger partial charge in [0.25, 0.3) is 5.91 Å². The van der Waals surface area contributed by atoms with E-state index >= 15 is 0 Å². The highest BCUT2D eigenvalue weighted by atomic mass is 35.5. The second-order valence-corrected chi connectivity index (χ2v) is 7.66. The number of carbonyl (C=O) groups excluding carboxylic acids is 1. The quantitative estimate of drug-likeness (QED) is 0.435. The van der Waals surface area contributed by atoms with Crippen LogP contribution in [0.5, 0.6) is 5.75 Å². The van der Waals surface area contributed by atoms with Gasteiger partial charge < -0.3 is 14.5 Å². The Kier molecular flexibility index (Phi) is 5.78. The lowest BCUT2D eigenvalue weighted by Crippen LogP contribution is -2.22. The van der Waals surface area contributed by atoms with Gasteiger partial charge in [0.05, 0.1) is 5.39 Å². The van der Waals surface area contributed by atoms with Gasteiger partial charge in [0.1, 0.15) is 5.58 Å². The number of halogens is 1. The summed E-state index contributed by atoms with van der Waals surface area (Å²) in [6.07, 6.45) is 0. The van der Waals surface area contributed by atoms with Crippen molar-refractivity contribution >= 4 is 34.2 Å². The van der Waals surface area contributed by atoms with Crippen LogP contribution in [0.25, 0.3) is 22.3 Å². The van der Waals surface area contributed by atoms with Crippen LogP contribution < -0.4 is 15.5 Å². The molecule has 0 spiro atoms. The van der Waals surface area contributed by atoms with Crippen molar-refractivity contribution in [2.75, 3.05) is 11.9 Å². The number of aryl methyl sites for hydroxylation is 2. The van der Waals surface area contributed by atoms with Gasteiger partial charge in [-0.1, -0.05) is 59.6 Å². The van der Waals surface area contributed by atoms with E-state index < -0.39 is 0 Å². The summed E-state index contributed by atoms with van der Waals surface area (Å²) >= 11 is 6.22. The minimum Gasteiger partial charge on any atom is -0.476 e. The number of anilines is 1. The van der Waals surface area contributed by atoms with Gasteiger partial charge in [0, 0.05) is 16.3 Å². The van der Waals surface area contributed by atoms with Crippen molar-refractivity contribution in [3.05, 3.63) is 93.1 Å². The molecule has 0 unspecified atom stereocenters. The fourth-order valence-electron chi connectivity index (χ4n) is 3.18. The topological polar surface area (TPSA) is 68.5 Å². The lowest BCUT2D eigenvalue weighted by atomic mass is 10.1.